The molecule has 0 radical (unpaired) electrons. The number of benzene rings is 2. The number of hydrogen-bond acceptors (Lipinski definition) is 2. The molecule has 18 heavy (non-hydrogen) atoms. The summed E-state index contributed by atoms with van der Waals surface area (Å²) in [5, 5.41) is 2.26. The Kier molecular flexibility index (Phi) is 2.76. The molecule has 92 valence electrons. The summed E-state index contributed by atoms with van der Waals surface area (Å²) in [4.78, 5) is 14.1. The van der Waals surface area contributed by atoms with E-state index < -0.39 is 0 Å². The molecular formula is C15H16N2O. The monoisotopic (exact) mass is 240 g/mol. The summed E-state index contributed by atoms with van der Waals surface area (Å²) in [6.07, 6.45) is 0.902. The van der Waals surface area contributed by atoms with Crippen LogP contribution in [0.15, 0.2) is 42.5 Å². The highest BCUT2D eigenvalue weighted by molar-refractivity contribution is 5.98. The van der Waals surface area contributed by atoms with E-state index in [1.54, 1.807) is 0 Å². The molecule has 1 saturated heterocycles. The third kappa shape index (κ3) is 1.97. The Morgan fingerprint density at radius 1 is 1.17 bits per heavy atom. The van der Waals surface area contributed by atoms with Gasteiger partial charge in [-0.25, -0.2) is 0 Å². The van der Waals surface area contributed by atoms with Gasteiger partial charge in [0.1, 0.15) is 0 Å². The van der Waals surface area contributed by atoms with Gasteiger partial charge in [0.2, 0.25) is 0 Å². The first kappa shape index (κ1) is 11.2. The molecule has 3 heteroatoms. The number of nitrogens with two attached hydrogens (primary N) is 1. The minimum Gasteiger partial charge on any atom is -0.337 e. The number of nitrogens with zero attached hydrogens (tertiary/aromatic N) is 1. The molecule has 0 spiro atoms. The second-order valence-corrected chi connectivity index (χ2v) is 4.86. The van der Waals surface area contributed by atoms with E-state index >= 15 is 0 Å². The van der Waals surface area contributed by atoms with Gasteiger partial charge < -0.3 is 10.6 Å². The maximum Gasteiger partial charge on any atom is 0.253 e. The van der Waals surface area contributed by atoms with Crippen LogP contribution in [-0.4, -0.2) is 29.9 Å². The van der Waals surface area contributed by atoms with Crippen molar-refractivity contribution in [1.29, 1.82) is 0 Å². The summed E-state index contributed by atoms with van der Waals surface area (Å²) in [5.41, 5.74) is 6.59. The van der Waals surface area contributed by atoms with Crippen LogP contribution in [-0.2, 0) is 0 Å². The number of likely N-dealkylation sites (tertiary alicyclic amines) is 1. The molecule has 3 rings (SSSR count). The maximum atomic E-state index is 12.3. The second kappa shape index (κ2) is 4.42. The molecule has 0 saturated carbocycles. The number of amides is 1. The Labute approximate surface area is 106 Å². The highest BCUT2D eigenvalue weighted by Crippen LogP contribution is 2.18. The van der Waals surface area contributed by atoms with E-state index in [0.717, 1.165) is 29.3 Å². The zero-order valence-corrected chi connectivity index (χ0v) is 10.2. The van der Waals surface area contributed by atoms with Crippen LogP contribution in [0, 0.1) is 0 Å². The van der Waals surface area contributed by atoms with Gasteiger partial charge in [-0.2, -0.15) is 0 Å². The molecule has 2 N–H and O–H groups in total. The lowest BCUT2D eigenvalue weighted by atomic mass is 10.1. The molecule has 0 unspecified atom stereocenters. The van der Waals surface area contributed by atoms with E-state index in [4.69, 9.17) is 5.73 Å². The number of carbonyl (C=O) groups excluding carboxylic acids is 1. The van der Waals surface area contributed by atoms with Crippen molar-refractivity contribution in [2.75, 3.05) is 13.1 Å². The first-order valence-corrected chi connectivity index (χ1v) is 6.28. The van der Waals surface area contributed by atoms with Gasteiger partial charge in [-0.15, -0.1) is 0 Å². The second-order valence-electron chi connectivity index (χ2n) is 4.86. The van der Waals surface area contributed by atoms with Gasteiger partial charge in [0.25, 0.3) is 5.91 Å². The van der Waals surface area contributed by atoms with E-state index in [1.807, 2.05) is 41.3 Å². The van der Waals surface area contributed by atoms with Gasteiger partial charge >= 0.3 is 0 Å². The van der Waals surface area contributed by atoms with Gasteiger partial charge in [0.15, 0.2) is 0 Å². The van der Waals surface area contributed by atoms with Gasteiger partial charge in [-0.3, -0.25) is 4.79 Å². The first-order chi connectivity index (χ1) is 8.74. The van der Waals surface area contributed by atoms with Crippen LogP contribution in [0.25, 0.3) is 10.8 Å². The molecule has 1 fully saturated rings. The normalized spacial score (nSPS) is 19.4. The zero-order valence-electron chi connectivity index (χ0n) is 10.2. The summed E-state index contributed by atoms with van der Waals surface area (Å²) in [6.45, 7) is 1.44. The van der Waals surface area contributed by atoms with Crippen LogP contribution < -0.4 is 5.73 Å². The topological polar surface area (TPSA) is 46.3 Å². The molecule has 0 aliphatic carbocycles. The summed E-state index contributed by atoms with van der Waals surface area (Å²) >= 11 is 0. The Balaban J connectivity index is 1.92. The number of rotatable bonds is 1. The van der Waals surface area contributed by atoms with Crippen molar-refractivity contribution in [3.63, 3.8) is 0 Å². The van der Waals surface area contributed by atoms with Crippen molar-refractivity contribution in [3.05, 3.63) is 48.0 Å². The van der Waals surface area contributed by atoms with E-state index in [2.05, 4.69) is 6.07 Å². The summed E-state index contributed by atoms with van der Waals surface area (Å²) in [7, 11) is 0. The van der Waals surface area contributed by atoms with Gasteiger partial charge in [0, 0.05) is 24.7 Å². The minimum atomic E-state index is 0.0914. The lowest BCUT2D eigenvalue weighted by molar-refractivity contribution is 0.0791. The third-order valence-electron chi connectivity index (χ3n) is 3.51. The Morgan fingerprint density at radius 2 is 1.94 bits per heavy atom. The summed E-state index contributed by atoms with van der Waals surface area (Å²) in [6, 6.07) is 14.1. The van der Waals surface area contributed by atoms with Crippen LogP contribution in [0.5, 0.6) is 0 Å². The number of carbonyl (C=O) groups is 1. The molecule has 0 aromatic heterocycles. The standard InChI is InChI=1S/C15H16N2O/c16-14-7-8-17(10-14)15(18)13-6-5-11-3-1-2-4-12(11)9-13/h1-6,9,14H,7-8,10,16H2/t14-/m1/s1. The molecule has 2 aromatic carbocycles. The zero-order chi connectivity index (χ0) is 12.5. The van der Waals surface area contributed by atoms with Crippen molar-refractivity contribution >= 4 is 16.7 Å². The SMILES string of the molecule is N[C@@H]1CCN(C(=O)c2ccc3ccccc3c2)C1. The van der Waals surface area contributed by atoms with Crippen molar-refractivity contribution in [3.8, 4) is 0 Å². The van der Waals surface area contributed by atoms with E-state index in [0.29, 0.717) is 6.54 Å². The fourth-order valence-corrected chi connectivity index (χ4v) is 2.48. The highest BCUT2D eigenvalue weighted by Gasteiger charge is 2.24. The van der Waals surface area contributed by atoms with E-state index in [1.165, 1.54) is 0 Å². The summed E-state index contributed by atoms with van der Waals surface area (Å²) in [5.74, 6) is 0.0914. The van der Waals surface area contributed by atoms with Crippen LogP contribution in [0.4, 0.5) is 0 Å². The molecule has 1 aliphatic heterocycles. The molecule has 1 aliphatic rings. The number of fused-ring (bicyclic) bond motifs is 1. The van der Waals surface area contributed by atoms with Crippen LogP contribution in [0.1, 0.15) is 16.8 Å². The molecular weight excluding hydrogens is 224 g/mol. The fourth-order valence-electron chi connectivity index (χ4n) is 2.48. The Bertz CT molecular complexity index is 594. The van der Waals surface area contributed by atoms with Crippen LogP contribution in [0.2, 0.25) is 0 Å². The van der Waals surface area contributed by atoms with Crippen molar-refractivity contribution in [1.82, 2.24) is 4.90 Å². The van der Waals surface area contributed by atoms with Gasteiger partial charge in [-0.05, 0) is 29.3 Å². The largest absolute Gasteiger partial charge is 0.337 e. The molecule has 1 heterocycles. The van der Waals surface area contributed by atoms with Crippen LogP contribution in [0.3, 0.4) is 0 Å². The lowest BCUT2D eigenvalue weighted by Gasteiger charge is -2.16. The molecule has 2 aromatic rings. The Hall–Kier alpha value is -1.87. The van der Waals surface area contributed by atoms with E-state index in [9.17, 15) is 4.79 Å². The van der Waals surface area contributed by atoms with Crippen molar-refractivity contribution in [2.45, 2.75) is 12.5 Å². The molecule has 3 nitrogen and oxygen atoms in total. The van der Waals surface area contributed by atoms with Crippen LogP contribution >= 0.6 is 0 Å². The highest BCUT2D eigenvalue weighted by atomic mass is 16.2. The van der Waals surface area contributed by atoms with E-state index in [-0.39, 0.29) is 11.9 Å². The van der Waals surface area contributed by atoms with Gasteiger partial charge in [0.05, 0.1) is 0 Å². The smallest absolute Gasteiger partial charge is 0.253 e. The predicted octanol–water partition coefficient (Wildman–Crippen LogP) is 2.01. The van der Waals surface area contributed by atoms with Crippen molar-refractivity contribution < 1.29 is 4.79 Å². The van der Waals surface area contributed by atoms with Crippen molar-refractivity contribution in [2.24, 2.45) is 5.73 Å². The predicted molar refractivity (Wildman–Crippen MR) is 72.4 cm³/mol. The number of hydrogen-bond donors (Lipinski definition) is 1. The Morgan fingerprint density at radius 3 is 2.67 bits per heavy atom. The minimum absolute atomic E-state index is 0.0914. The fraction of sp³-hybridized carbons (Fsp3) is 0.267. The lowest BCUT2D eigenvalue weighted by Crippen LogP contribution is -2.31. The quantitative estimate of drug-likeness (QED) is 0.828. The maximum absolute atomic E-state index is 12.3. The average molecular weight is 240 g/mol. The molecule has 1 atom stereocenters. The molecule has 0 bridgehead atoms. The molecule has 1 amide bonds. The summed E-state index contributed by atoms with van der Waals surface area (Å²) < 4.78 is 0. The van der Waals surface area contributed by atoms with Gasteiger partial charge in [-0.1, -0.05) is 30.3 Å². The third-order valence-corrected chi connectivity index (χ3v) is 3.51. The first-order valence-electron chi connectivity index (χ1n) is 6.28. The average Bonchev–Trinajstić information content (AvgIpc) is 2.84.